The van der Waals surface area contributed by atoms with Gasteiger partial charge in [-0.05, 0) is 43.9 Å². The summed E-state index contributed by atoms with van der Waals surface area (Å²) in [7, 11) is 2.01. The Labute approximate surface area is 80.2 Å². The molecule has 13 heavy (non-hydrogen) atoms. The molecular weight excluding hydrogens is 158 g/mol. The zero-order valence-electron chi connectivity index (χ0n) is 8.38. The van der Waals surface area contributed by atoms with Gasteiger partial charge < -0.3 is 5.32 Å². The normalized spacial score (nSPS) is 18.6. The molecule has 1 saturated carbocycles. The zero-order chi connectivity index (χ0) is 9.26. The van der Waals surface area contributed by atoms with Crippen LogP contribution >= 0.6 is 0 Å². The fraction of sp³-hybridized carbons (Fsp3) is 0.500. The predicted molar refractivity (Wildman–Crippen MR) is 55.9 cm³/mol. The summed E-state index contributed by atoms with van der Waals surface area (Å²) < 4.78 is 0. The molecule has 0 bridgehead atoms. The van der Waals surface area contributed by atoms with Gasteiger partial charge in [0.2, 0.25) is 0 Å². The lowest BCUT2D eigenvalue weighted by Crippen LogP contribution is -2.12. The minimum atomic E-state index is 0.471. The Morgan fingerprint density at radius 1 is 1.38 bits per heavy atom. The molecule has 1 aromatic carbocycles. The van der Waals surface area contributed by atoms with Gasteiger partial charge >= 0.3 is 0 Å². The minimum Gasteiger partial charge on any atom is -0.313 e. The molecule has 1 aliphatic rings. The summed E-state index contributed by atoms with van der Waals surface area (Å²) in [6, 6.07) is 9.45. The van der Waals surface area contributed by atoms with Gasteiger partial charge in [-0.2, -0.15) is 0 Å². The molecule has 1 aliphatic carbocycles. The van der Waals surface area contributed by atoms with Gasteiger partial charge in [-0.15, -0.1) is 0 Å². The van der Waals surface area contributed by atoms with Crippen molar-refractivity contribution in [2.24, 2.45) is 0 Å². The molecule has 70 valence electrons. The lowest BCUT2D eigenvalue weighted by atomic mass is 10.0. The van der Waals surface area contributed by atoms with Crippen molar-refractivity contribution < 1.29 is 0 Å². The maximum Gasteiger partial charge on any atom is 0.0289 e. The zero-order valence-corrected chi connectivity index (χ0v) is 8.38. The highest BCUT2D eigenvalue weighted by Crippen LogP contribution is 2.40. The standard InChI is InChI=1S/C12H17N/c1-9(13-2)11-4-3-5-12(8-11)10-6-7-10/h3-5,8-10,13H,6-7H2,1-2H3. The van der Waals surface area contributed by atoms with Crippen molar-refractivity contribution in [3.63, 3.8) is 0 Å². The maximum absolute atomic E-state index is 3.27. The van der Waals surface area contributed by atoms with Gasteiger partial charge in [-0.3, -0.25) is 0 Å². The van der Waals surface area contributed by atoms with Crippen molar-refractivity contribution in [2.45, 2.75) is 31.7 Å². The average Bonchev–Trinajstić information content (AvgIpc) is 3.00. The summed E-state index contributed by atoms with van der Waals surface area (Å²) in [5.41, 5.74) is 2.94. The Hall–Kier alpha value is -0.820. The number of nitrogens with one attached hydrogen (secondary N) is 1. The van der Waals surface area contributed by atoms with Crippen molar-refractivity contribution >= 4 is 0 Å². The molecular formula is C12H17N. The minimum absolute atomic E-state index is 0.471. The Morgan fingerprint density at radius 3 is 2.77 bits per heavy atom. The summed E-state index contributed by atoms with van der Waals surface area (Å²) in [4.78, 5) is 0. The van der Waals surface area contributed by atoms with Crippen LogP contribution in [0.4, 0.5) is 0 Å². The second-order valence-corrected chi connectivity index (χ2v) is 3.95. The van der Waals surface area contributed by atoms with Gasteiger partial charge in [0, 0.05) is 6.04 Å². The van der Waals surface area contributed by atoms with Gasteiger partial charge in [0.25, 0.3) is 0 Å². The average molecular weight is 175 g/mol. The Morgan fingerprint density at radius 2 is 2.15 bits per heavy atom. The lowest BCUT2D eigenvalue weighted by Gasteiger charge is -2.11. The van der Waals surface area contributed by atoms with Crippen molar-refractivity contribution in [1.82, 2.24) is 5.32 Å². The molecule has 0 spiro atoms. The first-order chi connectivity index (χ1) is 6.31. The lowest BCUT2D eigenvalue weighted by molar-refractivity contribution is 0.651. The van der Waals surface area contributed by atoms with Gasteiger partial charge in [0.15, 0.2) is 0 Å². The molecule has 1 nitrogen and oxygen atoms in total. The second-order valence-electron chi connectivity index (χ2n) is 3.95. The van der Waals surface area contributed by atoms with E-state index in [9.17, 15) is 0 Å². The number of rotatable bonds is 3. The van der Waals surface area contributed by atoms with Crippen LogP contribution in [0.15, 0.2) is 24.3 Å². The topological polar surface area (TPSA) is 12.0 Å². The molecule has 0 aliphatic heterocycles. The van der Waals surface area contributed by atoms with E-state index in [0.29, 0.717) is 6.04 Å². The van der Waals surface area contributed by atoms with Crippen LogP contribution in [0.5, 0.6) is 0 Å². The van der Waals surface area contributed by atoms with Crippen molar-refractivity contribution in [1.29, 1.82) is 0 Å². The number of hydrogen-bond acceptors (Lipinski definition) is 1. The number of hydrogen-bond donors (Lipinski definition) is 1. The van der Waals surface area contributed by atoms with Crippen LogP contribution in [0.25, 0.3) is 0 Å². The molecule has 1 atom stereocenters. The third kappa shape index (κ3) is 1.92. The van der Waals surface area contributed by atoms with Crippen LogP contribution in [0.3, 0.4) is 0 Å². The third-order valence-corrected chi connectivity index (χ3v) is 2.89. The molecule has 0 radical (unpaired) electrons. The Balaban J connectivity index is 2.21. The van der Waals surface area contributed by atoms with E-state index in [1.807, 2.05) is 7.05 Å². The third-order valence-electron chi connectivity index (χ3n) is 2.89. The monoisotopic (exact) mass is 175 g/mol. The molecule has 1 aromatic rings. The van der Waals surface area contributed by atoms with Gasteiger partial charge in [-0.25, -0.2) is 0 Å². The Kier molecular flexibility index (Phi) is 2.36. The van der Waals surface area contributed by atoms with E-state index in [4.69, 9.17) is 0 Å². The highest BCUT2D eigenvalue weighted by molar-refractivity contribution is 5.30. The number of benzene rings is 1. The van der Waals surface area contributed by atoms with E-state index < -0.39 is 0 Å². The first-order valence-corrected chi connectivity index (χ1v) is 5.08. The highest BCUT2D eigenvalue weighted by Gasteiger charge is 2.23. The van der Waals surface area contributed by atoms with Gasteiger partial charge in [0.05, 0.1) is 0 Å². The maximum atomic E-state index is 3.27. The van der Waals surface area contributed by atoms with Crippen molar-refractivity contribution in [3.05, 3.63) is 35.4 Å². The van der Waals surface area contributed by atoms with Crippen LogP contribution in [0, 0.1) is 0 Å². The largest absolute Gasteiger partial charge is 0.313 e. The fourth-order valence-electron chi connectivity index (χ4n) is 1.67. The van der Waals surface area contributed by atoms with E-state index in [1.54, 1.807) is 0 Å². The predicted octanol–water partition coefficient (Wildman–Crippen LogP) is 2.84. The smallest absolute Gasteiger partial charge is 0.0289 e. The molecule has 2 rings (SSSR count). The molecule has 0 heterocycles. The van der Waals surface area contributed by atoms with Crippen molar-refractivity contribution in [2.75, 3.05) is 7.05 Å². The molecule has 1 fully saturated rings. The van der Waals surface area contributed by atoms with E-state index in [0.717, 1.165) is 5.92 Å². The summed E-state index contributed by atoms with van der Waals surface area (Å²) >= 11 is 0. The van der Waals surface area contributed by atoms with E-state index in [2.05, 4.69) is 36.5 Å². The van der Waals surface area contributed by atoms with Gasteiger partial charge in [-0.1, -0.05) is 24.3 Å². The quantitative estimate of drug-likeness (QED) is 0.745. The van der Waals surface area contributed by atoms with E-state index in [-0.39, 0.29) is 0 Å². The Bertz CT molecular complexity index is 289. The van der Waals surface area contributed by atoms with E-state index in [1.165, 1.54) is 24.0 Å². The molecule has 0 saturated heterocycles. The van der Waals surface area contributed by atoms with Crippen LogP contribution in [-0.4, -0.2) is 7.05 Å². The van der Waals surface area contributed by atoms with Gasteiger partial charge in [0.1, 0.15) is 0 Å². The van der Waals surface area contributed by atoms with E-state index >= 15 is 0 Å². The summed E-state index contributed by atoms with van der Waals surface area (Å²) in [6.45, 7) is 2.20. The molecule has 1 heteroatoms. The van der Waals surface area contributed by atoms with Crippen LogP contribution in [-0.2, 0) is 0 Å². The first kappa shape index (κ1) is 8.76. The fourth-order valence-corrected chi connectivity index (χ4v) is 1.67. The summed E-state index contributed by atoms with van der Waals surface area (Å²) in [5, 5.41) is 3.27. The van der Waals surface area contributed by atoms with Crippen molar-refractivity contribution in [3.8, 4) is 0 Å². The molecule has 1 N–H and O–H groups in total. The van der Waals surface area contributed by atoms with Crippen LogP contribution < -0.4 is 5.32 Å². The molecule has 0 aromatic heterocycles. The SMILES string of the molecule is CNC(C)c1cccc(C2CC2)c1. The second kappa shape index (κ2) is 3.51. The van der Waals surface area contributed by atoms with Crippen LogP contribution in [0.2, 0.25) is 0 Å². The summed E-state index contributed by atoms with van der Waals surface area (Å²) in [6.07, 6.45) is 2.77. The molecule has 0 amide bonds. The van der Waals surface area contributed by atoms with Crippen LogP contribution in [0.1, 0.15) is 42.9 Å². The summed E-state index contributed by atoms with van der Waals surface area (Å²) in [5.74, 6) is 0.865. The first-order valence-electron chi connectivity index (χ1n) is 5.08. The highest BCUT2D eigenvalue weighted by atomic mass is 14.8. The molecule has 1 unspecified atom stereocenters.